The highest BCUT2D eigenvalue weighted by molar-refractivity contribution is 9.10. The van der Waals surface area contributed by atoms with Crippen molar-refractivity contribution in [3.8, 4) is 16.9 Å². The van der Waals surface area contributed by atoms with Gasteiger partial charge in [-0.25, -0.2) is 9.80 Å². The van der Waals surface area contributed by atoms with Gasteiger partial charge in [-0.15, -0.1) is 0 Å². The van der Waals surface area contributed by atoms with Gasteiger partial charge in [0.1, 0.15) is 23.7 Å². The lowest BCUT2D eigenvalue weighted by Crippen LogP contribution is -2.52. The minimum absolute atomic E-state index is 0.598. The molecule has 0 saturated carbocycles. The van der Waals surface area contributed by atoms with Crippen LogP contribution in [0.15, 0.2) is 46.9 Å². The fourth-order valence-corrected chi connectivity index (χ4v) is 3.23. The average molecular weight is 463 g/mol. The molecule has 29 heavy (non-hydrogen) atoms. The first-order chi connectivity index (χ1) is 13.6. The van der Waals surface area contributed by atoms with Crippen LogP contribution in [0.4, 0.5) is 10.5 Å². The van der Waals surface area contributed by atoms with E-state index in [1.807, 2.05) is 42.5 Å². The number of anilines is 1. The lowest BCUT2D eigenvalue weighted by molar-refractivity contribution is -0.112. The van der Waals surface area contributed by atoms with Gasteiger partial charge in [0.25, 0.3) is 0 Å². The van der Waals surface area contributed by atoms with Crippen molar-refractivity contribution >= 4 is 34.0 Å². The van der Waals surface area contributed by atoms with E-state index in [0.29, 0.717) is 17.7 Å². The number of halogens is 1. The molecule has 0 bridgehead atoms. The van der Waals surface area contributed by atoms with Gasteiger partial charge >= 0.3 is 6.09 Å². The first kappa shape index (κ1) is 22.7. The van der Waals surface area contributed by atoms with Gasteiger partial charge in [0.15, 0.2) is 0 Å². The molecule has 1 atom stereocenters. The highest BCUT2D eigenvalue weighted by Gasteiger charge is 2.30. The van der Waals surface area contributed by atoms with E-state index in [0.717, 1.165) is 15.6 Å². The third-order valence-corrected chi connectivity index (χ3v) is 4.67. The van der Waals surface area contributed by atoms with Gasteiger partial charge in [0, 0.05) is 17.1 Å². The quantitative estimate of drug-likeness (QED) is 0.430. The van der Waals surface area contributed by atoms with Crippen molar-refractivity contribution in [1.29, 1.82) is 0 Å². The maximum absolute atomic E-state index is 12.8. The van der Waals surface area contributed by atoms with Crippen LogP contribution in [0.5, 0.6) is 5.75 Å². The molecule has 0 aliphatic heterocycles. The van der Waals surface area contributed by atoms with Crippen molar-refractivity contribution < 1.29 is 19.1 Å². The molecule has 2 aromatic carbocycles. The van der Waals surface area contributed by atoms with E-state index in [9.17, 15) is 9.59 Å². The Bertz CT molecular complexity index is 879. The normalized spacial score (nSPS) is 12.1. The van der Waals surface area contributed by atoms with Crippen LogP contribution in [0.25, 0.3) is 11.1 Å². The minimum Gasteiger partial charge on any atom is -0.496 e. The van der Waals surface area contributed by atoms with E-state index in [-0.39, 0.29) is 0 Å². The van der Waals surface area contributed by atoms with Crippen molar-refractivity contribution in [2.24, 2.45) is 0 Å². The van der Waals surface area contributed by atoms with Crippen molar-refractivity contribution in [3.63, 3.8) is 0 Å². The van der Waals surface area contributed by atoms with Gasteiger partial charge < -0.3 is 14.3 Å². The molecule has 0 aromatic heterocycles. The van der Waals surface area contributed by atoms with Crippen LogP contribution < -0.4 is 9.75 Å². The number of hydrazine groups is 1. The summed E-state index contributed by atoms with van der Waals surface area (Å²) in [5.74, 6) is 0.701. The fraction of sp³-hybridized carbons (Fsp3) is 0.364. The molecule has 2 aromatic rings. The van der Waals surface area contributed by atoms with Crippen LogP contribution in [-0.4, -0.2) is 43.2 Å². The van der Waals surface area contributed by atoms with Crippen LogP contribution in [0.3, 0.4) is 0 Å². The van der Waals surface area contributed by atoms with E-state index < -0.39 is 17.7 Å². The molecule has 0 unspecified atom stereocenters. The molecule has 156 valence electrons. The Labute approximate surface area is 180 Å². The SMILES string of the molecule is COc1ccc(N(C)N(C(=O)OC(C)(C)C)[C@@H](C)C=O)cc1-c1cccc(Br)c1. The fourth-order valence-electron chi connectivity index (χ4n) is 2.83. The number of benzene rings is 2. The van der Waals surface area contributed by atoms with Crippen LogP contribution in [0.1, 0.15) is 27.7 Å². The van der Waals surface area contributed by atoms with Gasteiger partial charge in [-0.05, 0) is 63.6 Å². The minimum atomic E-state index is -0.703. The van der Waals surface area contributed by atoms with Crippen molar-refractivity contribution in [2.45, 2.75) is 39.3 Å². The Balaban J connectivity index is 2.48. The van der Waals surface area contributed by atoms with E-state index in [1.54, 1.807) is 46.9 Å². The summed E-state index contributed by atoms with van der Waals surface area (Å²) in [6, 6.07) is 12.7. The lowest BCUT2D eigenvalue weighted by atomic mass is 10.0. The smallest absolute Gasteiger partial charge is 0.429 e. The first-order valence-electron chi connectivity index (χ1n) is 9.22. The third-order valence-electron chi connectivity index (χ3n) is 4.18. The molecule has 6 nitrogen and oxygen atoms in total. The van der Waals surface area contributed by atoms with E-state index in [2.05, 4.69) is 15.9 Å². The maximum atomic E-state index is 12.8. The molecule has 0 aliphatic rings. The number of hydrogen-bond acceptors (Lipinski definition) is 5. The zero-order valence-electron chi connectivity index (χ0n) is 17.6. The Hall–Kier alpha value is -2.54. The number of methoxy groups -OCH3 is 1. The van der Waals surface area contributed by atoms with Gasteiger partial charge in [-0.3, -0.25) is 5.01 Å². The zero-order valence-corrected chi connectivity index (χ0v) is 19.2. The van der Waals surface area contributed by atoms with Crippen LogP contribution in [0, 0.1) is 0 Å². The second-order valence-electron chi connectivity index (χ2n) is 7.62. The second kappa shape index (κ2) is 9.31. The highest BCUT2D eigenvalue weighted by atomic mass is 79.9. The molecule has 0 radical (unpaired) electrons. The maximum Gasteiger partial charge on any atom is 0.429 e. The summed E-state index contributed by atoms with van der Waals surface area (Å²) in [5.41, 5.74) is 1.85. The number of hydrogen-bond donors (Lipinski definition) is 0. The second-order valence-corrected chi connectivity index (χ2v) is 8.54. The number of rotatable bonds is 6. The summed E-state index contributed by atoms with van der Waals surface area (Å²) in [4.78, 5) is 24.2. The molecule has 1 amide bonds. The third kappa shape index (κ3) is 5.73. The Kier molecular flexibility index (Phi) is 7.30. The van der Waals surface area contributed by atoms with Crippen molar-refractivity contribution in [3.05, 3.63) is 46.9 Å². The monoisotopic (exact) mass is 462 g/mol. The Morgan fingerprint density at radius 3 is 2.41 bits per heavy atom. The molecule has 0 saturated heterocycles. The molecule has 2 rings (SSSR count). The van der Waals surface area contributed by atoms with Crippen LogP contribution in [0.2, 0.25) is 0 Å². The van der Waals surface area contributed by atoms with E-state index in [4.69, 9.17) is 9.47 Å². The molecule has 0 spiro atoms. The summed E-state index contributed by atoms with van der Waals surface area (Å²) in [6.07, 6.45) is 0.110. The predicted molar refractivity (Wildman–Crippen MR) is 118 cm³/mol. The number of carbonyl (C=O) groups is 2. The molecule has 0 aliphatic carbocycles. The molecular weight excluding hydrogens is 436 g/mol. The lowest BCUT2D eigenvalue weighted by Gasteiger charge is -2.37. The standard InChI is InChI=1S/C22H27BrN2O4/c1-15(14-26)25(21(27)29-22(2,3)4)24(5)18-10-11-20(28-6)19(13-18)16-8-7-9-17(23)12-16/h7-15H,1-6H3/t15-/m0/s1. The first-order valence-corrected chi connectivity index (χ1v) is 10.0. The largest absolute Gasteiger partial charge is 0.496 e. The molecule has 7 heteroatoms. The molecular formula is C22H27BrN2O4. The summed E-state index contributed by atoms with van der Waals surface area (Å²) in [5, 5.41) is 2.92. The van der Waals surface area contributed by atoms with Gasteiger partial charge in [0.05, 0.1) is 12.8 Å². The summed E-state index contributed by atoms with van der Waals surface area (Å²) in [6.45, 7) is 7.00. The number of carbonyl (C=O) groups excluding carboxylic acids is 2. The molecule has 0 N–H and O–H groups in total. The van der Waals surface area contributed by atoms with E-state index in [1.165, 1.54) is 5.01 Å². The van der Waals surface area contributed by atoms with Gasteiger partial charge in [0.2, 0.25) is 0 Å². The van der Waals surface area contributed by atoms with Gasteiger partial charge in [-0.1, -0.05) is 28.1 Å². The summed E-state index contributed by atoms with van der Waals surface area (Å²) >= 11 is 3.49. The van der Waals surface area contributed by atoms with Crippen LogP contribution >= 0.6 is 15.9 Å². The van der Waals surface area contributed by atoms with E-state index >= 15 is 0 Å². The average Bonchev–Trinajstić information content (AvgIpc) is 2.65. The molecule has 0 fully saturated rings. The molecule has 0 heterocycles. The van der Waals surface area contributed by atoms with Crippen molar-refractivity contribution in [1.82, 2.24) is 5.01 Å². The predicted octanol–water partition coefficient (Wildman–Crippen LogP) is 5.30. The summed E-state index contributed by atoms with van der Waals surface area (Å²) < 4.78 is 12.0. The number of aldehydes is 1. The highest BCUT2D eigenvalue weighted by Crippen LogP contribution is 2.35. The number of ether oxygens (including phenoxy) is 2. The van der Waals surface area contributed by atoms with Crippen molar-refractivity contribution in [2.75, 3.05) is 19.2 Å². The zero-order chi connectivity index (χ0) is 21.8. The number of amides is 1. The number of nitrogens with zero attached hydrogens (tertiary/aromatic N) is 2. The topological polar surface area (TPSA) is 59.1 Å². The Morgan fingerprint density at radius 1 is 1.17 bits per heavy atom. The Morgan fingerprint density at radius 2 is 1.86 bits per heavy atom. The van der Waals surface area contributed by atoms with Gasteiger partial charge in [-0.2, -0.15) is 0 Å². The van der Waals surface area contributed by atoms with Crippen LogP contribution in [-0.2, 0) is 9.53 Å². The summed E-state index contributed by atoms with van der Waals surface area (Å²) in [7, 11) is 3.33.